The Hall–Kier alpha value is -2.33. The number of benzene rings is 2. The summed E-state index contributed by atoms with van der Waals surface area (Å²) in [5, 5.41) is 0.565. The number of halogens is 1. The average Bonchev–Trinajstić information content (AvgIpc) is 2.66. The molecule has 0 radical (unpaired) electrons. The number of carbonyl (C=O) groups excluding carboxylic acids is 2. The summed E-state index contributed by atoms with van der Waals surface area (Å²) < 4.78 is 10.8. The van der Waals surface area contributed by atoms with Crippen molar-refractivity contribution in [3.63, 3.8) is 0 Å². The number of ether oxygens (including phenoxy) is 2. The van der Waals surface area contributed by atoms with Crippen LogP contribution in [0.25, 0.3) is 0 Å². The average molecular weight is 389 g/mol. The van der Waals surface area contributed by atoms with Crippen molar-refractivity contribution in [3.8, 4) is 5.75 Å². The molecule has 144 valence electrons. The molecule has 0 N–H and O–H groups in total. The number of esters is 2. The lowest BCUT2D eigenvalue weighted by Crippen LogP contribution is -2.16. The molecule has 2 aromatic rings. The number of hydrogen-bond donors (Lipinski definition) is 0. The maximum absolute atomic E-state index is 12.6. The second-order valence-corrected chi connectivity index (χ2v) is 6.83. The first-order valence-electron chi connectivity index (χ1n) is 9.27. The lowest BCUT2D eigenvalue weighted by molar-refractivity contribution is 0.0489. The van der Waals surface area contributed by atoms with Gasteiger partial charge in [-0.2, -0.15) is 0 Å². The van der Waals surface area contributed by atoms with Crippen molar-refractivity contribution in [2.75, 3.05) is 6.61 Å². The fraction of sp³-hybridized carbons (Fsp3) is 0.364. The molecule has 0 saturated heterocycles. The Bertz CT molecular complexity index is 786. The SMILES string of the molecule is CCCCCCCOC(=O)c1ccccc1C(=O)Oc1ccc(Cl)cc1C. The minimum atomic E-state index is -0.601. The van der Waals surface area contributed by atoms with Crippen LogP contribution in [0.1, 0.15) is 65.3 Å². The van der Waals surface area contributed by atoms with Crippen LogP contribution in [-0.4, -0.2) is 18.5 Å². The van der Waals surface area contributed by atoms with Crippen molar-refractivity contribution in [2.24, 2.45) is 0 Å². The van der Waals surface area contributed by atoms with Crippen LogP contribution in [-0.2, 0) is 4.74 Å². The zero-order valence-electron chi connectivity index (χ0n) is 15.8. The van der Waals surface area contributed by atoms with Gasteiger partial charge in [-0.1, -0.05) is 56.3 Å². The third-order valence-corrected chi connectivity index (χ3v) is 4.42. The monoisotopic (exact) mass is 388 g/mol. The summed E-state index contributed by atoms with van der Waals surface area (Å²) in [4.78, 5) is 24.9. The van der Waals surface area contributed by atoms with Gasteiger partial charge in [-0.25, -0.2) is 9.59 Å². The van der Waals surface area contributed by atoms with E-state index >= 15 is 0 Å². The summed E-state index contributed by atoms with van der Waals surface area (Å²) in [6, 6.07) is 11.5. The van der Waals surface area contributed by atoms with Crippen LogP contribution >= 0.6 is 11.6 Å². The van der Waals surface area contributed by atoms with Gasteiger partial charge in [-0.15, -0.1) is 0 Å². The van der Waals surface area contributed by atoms with Gasteiger partial charge in [-0.3, -0.25) is 0 Å². The summed E-state index contributed by atoms with van der Waals surface area (Å²) in [5.74, 6) is -0.703. The number of rotatable bonds is 9. The fourth-order valence-electron chi connectivity index (χ4n) is 2.67. The molecule has 0 fully saturated rings. The lowest BCUT2D eigenvalue weighted by Gasteiger charge is -2.11. The molecule has 0 aliphatic carbocycles. The second-order valence-electron chi connectivity index (χ2n) is 6.40. The van der Waals surface area contributed by atoms with E-state index in [0.717, 1.165) is 24.8 Å². The van der Waals surface area contributed by atoms with Gasteiger partial charge in [0.05, 0.1) is 17.7 Å². The van der Waals surface area contributed by atoms with Crippen LogP contribution in [0, 0.1) is 6.92 Å². The van der Waals surface area contributed by atoms with E-state index in [1.807, 2.05) is 0 Å². The molecule has 0 aromatic heterocycles. The van der Waals surface area contributed by atoms with Crippen molar-refractivity contribution in [1.29, 1.82) is 0 Å². The summed E-state index contributed by atoms with van der Waals surface area (Å²) in [6.45, 7) is 4.30. The zero-order valence-corrected chi connectivity index (χ0v) is 16.6. The quantitative estimate of drug-likeness (QED) is 0.300. The van der Waals surface area contributed by atoms with E-state index in [1.165, 1.54) is 12.8 Å². The van der Waals surface area contributed by atoms with Crippen LogP contribution < -0.4 is 4.74 Å². The predicted octanol–water partition coefficient (Wildman–Crippen LogP) is 5.99. The molecule has 2 rings (SSSR count). The zero-order chi connectivity index (χ0) is 19.6. The smallest absolute Gasteiger partial charge is 0.344 e. The van der Waals surface area contributed by atoms with E-state index < -0.39 is 11.9 Å². The maximum atomic E-state index is 12.6. The number of hydrogen-bond acceptors (Lipinski definition) is 4. The molecule has 5 heteroatoms. The minimum Gasteiger partial charge on any atom is -0.462 e. The topological polar surface area (TPSA) is 52.6 Å². The number of carbonyl (C=O) groups is 2. The van der Waals surface area contributed by atoms with E-state index in [2.05, 4.69) is 6.92 Å². The van der Waals surface area contributed by atoms with Crippen LogP contribution in [0.5, 0.6) is 5.75 Å². The van der Waals surface area contributed by atoms with Crippen molar-refractivity contribution < 1.29 is 19.1 Å². The van der Waals surface area contributed by atoms with Gasteiger partial charge < -0.3 is 9.47 Å². The Morgan fingerprint density at radius 1 is 0.926 bits per heavy atom. The Labute approximate surface area is 165 Å². The molecule has 0 bridgehead atoms. The lowest BCUT2D eigenvalue weighted by atomic mass is 10.1. The van der Waals surface area contributed by atoms with Crippen LogP contribution in [0.15, 0.2) is 42.5 Å². The van der Waals surface area contributed by atoms with Gasteiger partial charge in [0.25, 0.3) is 0 Å². The Morgan fingerprint density at radius 2 is 1.59 bits per heavy atom. The van der Waals surface area contributed by atoms with Crippen LogP contribution in [0.3, 0.4) is 0 Å². The second kappa shape index (κ2) is 10.7. The Kier molecular flexibility index (Phi) is 8.34. The highest BCUT2D eigenvalue weighted by atomic mass is 35.5. The third kappa shape index (κ3) is 6.40. The summed E-state index contributed by atoms with van der Waals surface area (Å²) in [6.07, 6.45) is 5.34. The molecular formula is C22H25ClO4. The third-order valence-electron chi connectivity index (χ3n) is 4.19. The molecule has 0 amide bonds. The Morgan fingerprint density at radius 3 is 2.26 bits per heavy atom. The van der Waals surface area contributed by atoms with Gasteiger partial charge in [0.2, 0.25) is 0 Å². The number of unbranched alkanes of at least 4 members (excludes halogenated alkanes) is 4. The first-order chi connectivity index (χ1) is 13.0. The van der Waals surface area contributed by atoms with E-state index in [9.17, 15) is 9.59 Å². The van der Waals surface area contributed by atoms with Gasteiger partial charge in [0, 0.05) is 5.02 Å². The van der Waals surface area contributed by atoms with E-state index in [1.54, 1.807) is 49.4 Å². The van der Waals surface area contributed by atoms with Gasteiger partial charge >= 0.3 is 11.9 Å². The highest BCUT2D eigenvalue weighted by Gasteiger charge is 2.20. The molecule has 0 unspecified atom stereocenters. The van der Waals surface area contributed by atoms with Gasteiger partial charge in [0.15, 0.2) is 0 Å². The minimum absolute atomic E-state index is 0.183. The molecular weight excluding hydrogens is 364 g/mol. The molecule has 0 aliphatic heterocycles. The van der Waals surface area contributed by atoms with Crippen molar-refractivity contribution in [2.45, 2.75) is 46.0 Å². The fourth-order valence-corrected chi connectivity index (χ4v) is 2.90. The highest BCUT2D eigenvalue weighted by molar-refractivity contribution is 6.30. The summed E-state index contributed by atoms with van der Waals surface area (Å²) in [7, 11) is 0. The first kappa shape index (κ1) is 21.0. The van der Waals surface area contributed by atoms with Crippen LogP contribution in [0.4, 0.5) is 0 Å². The van der Waals surface area contributed by atoms with Gasteiger partial charge in [0.1, 0.15) is 5.75 Å². The first-order valence-corrected chi connectivity index (χ1v) is 9.65. The van der Waals surface area contributed by atoms with Gasteiger partial charge in [-0.05, 0) is 49.2 Å². The molecule has 0 spiro atoms. The molecule has 27 heavy (non-hydrogen) atoms. The largest absolute Gasteiger partial charge is 0.462 e. The van der Waals surface area contributed by atoms with Crippen molar-refractivity contribution in [3.05, 3.63) is 64.2 Å². The highest BCUT2D eigenvalue weighted by Crippen LogP contribution is 2.23. The molecule has 0 aliphatic rings. The number of aryl methyl sites for hydroxylation is 1. The normalized spacial score (nSPS) is 10.5. The standard InChI is InChI=1S/C22H25ClO4/c1-3-4-5-6-9-14-26-21(24)18-10-7-8-11-19(18)22(25)27-20-13-12-17(23)15-16(20)2/h7-8,10-13,15H,3-6,9,14H2,1-2H3. The summed E-state index contributed by atoms with van der Waals surface area (Å²) in [5.41, 5.74) is 1.13. The van der Waals surface area contributed by atoms with E-state index in [4.69, 9.17) is 21.1 Å². The van der Waals surface area contributed by atoms with Crippen molar-refractivity contribution >= 4 is 23.5 Å². The van der Waals surface area contributed by atoms with E-state index in [0.29, 0.717) is 17.4 Å². The molecule has 0 atom stereocenters. The molecule has 2 aromatic carbocycles. The molecule has 0 saturated carbocycles. The Balaban J connectivity index is 2.01. The van der Waals surface area contributed by atoms with E-state index in [-0.39, 0.29) is 11.1 Å². The molecule has 0 heterocycles. The maximum Gasteiger partial charge on any atom is 0.344 e. The van der Waals surface area contributed by atoms with Crippen LogP contribution in [0.2, 0.25) is 5.02 Å². The summed E-state index contributed by atoms with van der Waals surface area (Å²) >= 11 is 5.92. The predicted molar refractivity (Wildman–Crippen MR) is 107 cm³/mol. The molecule has 4 nitrogen and oxygen atoms in total. The van der Waals surface area contributed by atoms with Crippen molar-refractivity contribution in [1.82, 2.24) is 0 Å².